The van der Waals surface area contributed by atoms with Gasteiger partial charge < -0.3 is 15.2 Å². The van der Waals surface area contributed by atoms with Crippen molar-refractivity contribution in [1.82, 2.24) is 5.32 Å². The third-order valence-corrected chi connectivity index (χ3v) is 2.56. The number of methoxy groups -OCH3 is 1. The molecule has 0 aliphatic rings. The highest BCUT2D eigenvalue weighted by Crippen LogP contribution is 2.17. The molecule has 1 atom stereocenters. The maximum Gasteiger partial charge on any atom is 0.303 e. The number of benzene rings is 1. The topological polar surface area (TPSA) is 75.6 Å². The quantitative estimate of drug-likeness (QED) is 0.807. The molecule has 0 aliphatic carbocycles. The number of carboxylic acids is 1. The highest BCUT2D eigenvalue weighted by Gasteiger charge is 2.10. The van der Waals surface area contributed by atoms with Crippen molar-refractivity contribution >= 4 is 11.9 Å². The van der Waals surface area contributed by atoms with Crippen LogP contribution in [0.25, 0.3) is 0 Å². The standard InChI is InChI=1S/C13H17NO4/c1-9(14-12(15)7-8-13(16)17)10-3-5-11(18-2)6-4-10/h3-6,9H,7-8H2,1-2H3,(H,14,15)(H,16,17)/t9-/m1/s1. The summed E-state index contributed by atoms with van der Waals surface area (Å²) in [6, 6.07) is 7.20. The Morgan fingerprint density at radius 2 is 1.89 bits per heavy atom. The van der Waals surface area contributed by atoms with Gasteiger partial charge in [0.05, 0.1) is 19.6 Å². The van der Waals surface area contributed by atoms with E-state index in [1.54, 1.807) is 7.11 Å². The Balaban J connectivity index is 2.50. The van der Waals surface area contributed by atoms with Crippen LogP contribution in [0, 0.1) is 0 Å². The zero-order valence-corrected chi connectivity index (χ0v) is 10.5. The highest BCUT2D eigenvalue weighted by atomic mass is 16.5. The third kappa shape index (κ3) is 4.45. The molecule has 0 heterocycles. The lowest BCUT2D eigenvalue weighted by atomic mass is 10.1. The molecule has 1 aromatic rings. The molecule has 1 rings (SSSR count). The van der Waals surface area contributed by atoms with Crippen LogP contribution < -0.4 is 10.1 Å². The summed E-state index contributed by atoms with van der Waals surface area (Å²) in [6.07, 6.45) is -0.156. The van der Waals surface area contributed by atoms with Crippen LogP contribution >= 0.6 is 0 Å². The zero-order valence-electron chi connectivity index (χ0n) is 10.5. The normalized spacial score (nSPS) is 11.7. The fraction of sp³-hybridized carbons (Fsp3) is 0.385. The smallest absolute Gasteiger partial charge is 0.303 e. The maximum absolute atomic E-state index is 11.5. The first kappa shape index (κ1) is 14.0. The second-order valence-corrected chi connectivity index (χ2v) is 3.96. The summed E-state index contributed by atoms with van der Waals surface area (Å²) in [4.78, 5) is 21.8. The van der Waals surface area contributed by atoms with Gasteiger partial charge in [-0.3, -0.25) is 9.59 Å². The van der Waals surface area contributed by atoms with E-state index in [0.29, 0.717) is 0 Å². The molecular weight excluding hydrogens is 234 g/mol. The molecule has 1 amide bonds. The minimum atomic E-state index is -0.970. The lowest BCUT2D eigenvalue weighted by Crippen LogP contribution is -2.26. The molecule has 0 unspecified atom stereocenters. The number of rotatable bonds is 6. The van der Waals surface area contributed by atoms with Crippen LogP contribution in [-0.2, 0) is 9.59 Å². The number of nitrogens with one attached hydrogen (secondary N) is 1. The van der Waals surface area contributed by atoms with Crippen LogP contribution in [0.15, 0.2) is 24.3 Å². The van der Waals surface area contributed by atoms with Crippen molar-refractivity contribution < 1.29 is 19.4 Å². The highest BCUT2D eigenvalue weighted by molar-refractivity contribution is 5.80. The second kappa shape index (κ2) is 6.64. The number of carbonyl (C=O) groups excluding carboxylic acids is 1. The fourth-order valence-corrected chi connectivity index (χ4v) is 1.51. The SMILES string of the molecule is COc1ccc([C@@H](C)NC(=O)CCC(=O)O)cc1. The first-order chi connectivity index (χ1) is 8.52. The lowest BCUT2D eigenvalue weighted by Gasteiger charge is -2.14. The largest absolute Gasteiger partial charge is 0.497 e. The summed E-state index contributed by atoms with van der Waals surface area (Å²) >= 11 is 0. The number of hydrogen-bond donors (Lipinski definition) is 2. The molecule has 0 aliphatic heterocycles. The van der Waals surface area contributed by atoms with Gasteiger partial charge in [-0.1, -0.05) is 12.1 Å². The Morgan fingerprint density at radius 1 is 1.28 bits per heavy atom. The molecule has 5 heteroatoms. The zero-order chi connectivity index (χ0) is 13.5. The number of aliphatic carboxylic acids is 1. The van der Waals surface area contributed by atoms with Crippen molar-refractivity contribution in [2.45, 2.75) is 25.8 Å². The molecular formula is C13H17NO4. The maximum atomic E-state index is 11.5. The predicted molar refractivity (Wildman–Crippen MR) is 66.4 cm³/mol. The fourth-order valence-electron chi connectivity index (χ4n) is 1.51. The van der Waals surface area contributed by atoms with Crippen LogP contribution in [0.1, 0.15) is 31.4 Å². The van der Waals surface area contributed by atoms with Gasteiger partial charge in [-0.2, -0.15) is 0 Å². The van der Waals surface area contributed by atoms with Gasteiger partial charge in [-0.25, -0.2) is 0 Å². The van der Waals surface area contributed by atoms with E-state index in [2.05, 4.69) is 5.32 Å². The molecule has 0 fully saturated rings. The van der Waals surface area contributed by atoms with Crippen LogP contribution in [-0.4, -0.2) is 24.1 Å². The molecule has 0 spiro atoms. The van der Waals surface area contributed by atoms with E-state index in [0.717, 1.165) is 11.3 Å². The van der Waals surface area contributed by atoms with Crippen molar-refractivity contribution in [2.24, 2.45) is 0 Å². The van der Waals surface area contributed by atoms with E-state index in [4.69, 9.17) is 9.84 Å². The number of hydrogen-bond acceptors (Lipinski definition) is 3. The molecule has 2 N–H and O–H groups in total. The van der Waals surface area contributed by atoms with E-state index < -0.39 is 5.97 Å². The summed E-state index contributed by atoms with van der Waals surface area (Å²) in [5, 5.41) is 11.2. The van der Waals surface area contributed by atoms with Gasteiger partial charge in [0, 0.05) is 6.42 Å². The Kier molecular flexibility index (Phi) is 5.17. The monoisotopic (exact) mass is 251 g/mol. The minimum Gasteiger partial charge on any atom is -0.497 e. The minimum absolute atomic E-state index is 0.00414. The number of carboxylic acid groups (broad SMARTS) is 1. The summed E-state index contributed by atoms with van der Waals surface area (Å²) < 4.78 is 5.04. The third-order valence-electron chi connectivity index (χ3n) is 2.56. The average Bonchev–Trinajstić information content (AvgIpc) is 2.36. The van der Waals surface area contributed by atoms with E-state index in [9.17, 15) is 9.59 Å². The van der Waals surface area contributed by atoms with Crippen molar-refractivity contribution in [3.63, 3.8) is 0 Å². The number of amides is 1. The first-order valence-corrected chi connectivity index (χ1v) is 5.68. The van der Waals surface area contributed by atoms with Crippen molar-refractivity contribution in [3.05, 3.63) is 29.8 Å². The van der Waals surface area contributed by atoms with Gasteiger partial charge in [0.25, 0.3) is 0 Å². The summed E-state index contributed by atoms with van der Waals surface area (Å²) in [6.45, 7) is 1.85. The average molecular weight is 251 g/mol. The van der Waals surface area contributed by atoms with Gasteiger partial charge >= 0.3 is 5.97 Å². The van der Waals surface area contributed by atoms with Gasteiger partial charge in [0.2, 0.25) is 5.91 Å². The Morgan fingerprint density at radius 3 is 2.39 bits per heavy atom. The van der Waals surface area contributed by atoms with Crippen LogP contribution in [0.5, 0.6) is 5.75 Å². The Labute approximate surface area is 106 Å². The molecule has 0 saturated carbocycles. The van der Waals surface area contributed by atoms with E-state index in [1.165, 1.54) is 0 Å². The number of carbonyl (C=O) groups is 2. The van der Waals surface area contributed by atoms with Gasteiger partial charge in [0.15, 0.2) is 0 Å². The van der Waals surface area contributed by atoms with Crippen LogP contribution in [0.2, 0.25) is 0 Å². The number of ether oxygens (including phenoxy) is 1. The summed E-state index contributed by atoms with van der Waals surface area (Å²) in [7, 11) is 1.59. The van der Waals surface area contributed by atoms with E-state index in [-0.39, 0.29) is 24.8 Å². The molecule has 0 aromatic heterocycles. The van der Waals surface area contributed by atoms with E-state index in [1.807, 2.05) is 31.2 Å². The molecule has 1 aromatic carbocycles. The molecule has 0 radical (unpaired) electrons. The second-order valence-electron chi connectivity index (χ2n) is 3.96. The van der Waals surface area contributed by atoms with Gasteiger partial charge in [-0.05, 0) is 24.6 Å². The van der Waals surface area contributed by atoms with Crippen molar-refractivity contribution in [3.8, 4) is 5.75 Å². The van der Waals surface area contributed by atoms with Crippen LogP contribution in [0.3, 0.4) is 0 Å². The summed E-state index contributed by atoms with van der Waals surface area (Å²) in [5.41, 5.74) is 0.944. The molecule has 5 nitrogen and oxygen atoms in total. The molecule has 0 bridgehead atoms. The summed E-state index contributed by atoms with van der Waals surface area (Å²) in [5.74, 6) is -0.480. The molecule has 18 heavy (non-hydrogen) atoms. The Bertz CT molecular complexity index is 414. The van der Waals surface area contributed by atoms with Gasteiger partial charge in [-0.15, -0.1) is 0 Å². The first-order valence-electron chi connectivity index (χ1n) is 5.68. The lowest BCUT2D eigenvalue weighted by molar-refractivity contribution is -0.138. The van der Waals surface area contributed by atoms with Crippen LogP contribution in [0.4, 0.5) is 0 Å². The van der Waals surface area contributed by atoms with Crippen molar-refractivity contribution in [1.29, 1.82) is 0 Å². The molecule has 98 valence electrons. The predicted octanol–water partition coefficient (Wildman–Crippen LogP) is 1.74. The van der Waals surface area contributed by atoms with Crippen molar-refractivity contribution in [2.75, 3.05) is 7.11 Å². The van der Waals surface area contributed by atoms with E-state index >= 15 is 0 Å². The Hall–Kier alpha value is -2.04. The molecule has 0 saturated heterocycles. The van der Waals surface area contributed by atoms with Gasteiger partial charge in [0.1, 0.15) is 5.75 Å².